The van der Waals surface area contributed by atoms with Crippen LogP contribution in [-0.2, 0) is 11.8 Å². The van der Waals surface area contributed by atoms with Crippen LogP contribution in [0.1, 0.15) is 38.9 Å². The summed E-state index contributed by atoms with van der Waals surface area (Å²) in [5, 5.41) is 2.73. The molecule has 0 N–H and O–H groups in total. The monoisotopic (exact) mass is 519 g/mol. The van der Waals surface area contributed by atoms with Crippen molar-refractivity contribution in [3.63, 3.8) is 0 Å². The average Bonchev–Trinajstić information content (AvgIpc) is 3.35. The molecule has 0 saturated heterocycles. The van der Waals surface area contributed by atoms with Crippen molar-refractivity contribution in [1.29, 1.82) is 0 Å². The quantitative estimate of drug-likeness (QED) is 0.229. The number of hydrogen-bond donors (Lipinski definition) is 0. The van der Waals surface area contributed by atoms with Gasteiger partial charge in [-0.3, -0.25) is 0 Å². The zero-order valence-electron chi connectivity index (χ0n) is 22.9. The van der Waals surface area contributed by atoms with Gasteiger partial charge in [0.15, 0.2) is 0 Å². The van der Waals surface area contributed by atoms with E-state index in [1.54, 1.807) is 0 Å². The highest BCUT2D eigenvalue weighted by atomic mass is 15.0. The Labute approximate surface area is 239 Å². The Kier molecular flexibility index (Phi) is 4.00. The van der Waals surface area contributed by atoms with Crippen LogP contribution in [0.2, 0.25) is 0 Å². The SMILES string of the molecule is Cc1ccc2c(c1)c1ccc3c4c1n2-c1cccc2c1B4c1c(cccc1C2(c1ccccc1)c1ccccc1)C3. The van der Waals surface area contributed by atoms with E-state index in [0.29, 0.717) is 0 Å². The second-order valence-corrected chi connectivity index (χ2v) is 12.1. The summed E-state index contributed by atoms with van der Waals surface area (Å²) in [6, 6.07) is 48.4. The van der Waals surface area contributed by atoms with Crippen LogP contribution >= 0.6 is 0 Å². The third-order valence-corrected chi connectivity index (χ3v) is 10.2. The van der Waals surface area contributed by atoms with E-state index in [2.05, 4.69) is 139 Å². The van der Waals surface area contributed by atoms with Gasteiger partial charge in [-0.25, -0.2) is 0 Å². The first kappa shape index (κ1) is 21.9. The van der Waals surface area contributed by atoms with Gasteiger partial charge in [0, 0.05) is 22.0 Å². The topological polar surface area (TPSA) is 4.93 Å². The predicted octanol–water partition coefficient (Wildman–Crippen LogP) is 6.52. The number of aryl methyl sites for hydroxylation is 1. The van der Waals surface area contributed by atoms with Crippen LogP contribution < -0.4 is 16.4 Å². The number of nitrogens with zero attached hydrogens (tertiary/aromatic N) is 1. The standard InChI is InChI=1S/C39H26BN/c1-24-18-21-33-30(22-24)29-20-19-26-23-25-10-8-15-31-35(25)40-36(26)38(29)41(33)34-17-9-16-32(37(34)40)39(31,27-11-4-2-5-12-27)28-13-6-3-7-14-28/h2-22H,23H2,1H3. The van der Waals surface area contributed by atoms with E-state index in [4.69, 9.17) is 0 Å². The third-order valence-electron chi connectivity index (χ3n) is 10.2. The molecule has 0 unspecified atom stereocenters. The fourth-order valence-corrected chi connectivity index (χ4v) is 8.78. The molecule has 6 aromatic carbocycles. The number of benzene rings is 6. The molecule has 1 aromatic heterocycles. The zero-order valence-corrected chi connectivity index (χ0v) is 22.9. The fraction of sp³-hybridized carbons (Fsp3) is 0.0769. The Morgan fingerprint density at radius 2 is 1.27 bits per heavy atom. The minimum absolute atomic E-state index is 0.235. The van der Waals surface area contributed by atoms with Crippen molar-refractivity contribution in [2.24, 2.45) is 0 Å². The molecular weight excluding hydrogens is 493 g/mol. The second kappa shape index (κ2) is 7.47. The van der Waals surface area contributed by atoms with E-state index >= 15 is 0 Å². The molecule has 0 spiro atoms. The van der Waals surface area contributed by atoms with Gasteiger partial charge in [0.1, 0.15) is 0 Å². The number of aromatic nitrogens is 1. The molecule has 0 atom stereocenters. The van der Waals surface area contributed by atoms with Gasteiger partial charge in [0.25, 0.3) is 0 Å². The van der Waals surface area contributed by atoms with Crippen LogP contribution in [0.15, 0.2) is 127 Å². The van der Waals surface area contributed by atoms with Crippen LogP contribution in [0.5, 0.6) is 0 Å². The van der Waals surface area contributed by atoms with Crippen LogP contribution in [0.4, 0.5) is 0 Å². The van der Waals surface area contributed by atoms with Gasteiger partial charge in [-0.15, -0.1) is 0 Å². The highest BCUT2D eigenvalue weighted by Gasteiger charge is 2.52. The molecule has 0 amide bonds. The van der Waals surface area contributed by atoms with Crippen LogP contribution in [0, 0.1) is 6.92 Å². The Bertz CT molecular complexity index is 2200. The highest BCUT2D eigenvalue weighted by molar-refractivity contribution is 7.00. The second-order valence-electron chi connectivity index (χ2n) is 12.1. The molecule has 4 heterocycles. The van der Waals surface area contributed by atoms with E-state index < -0.39 is 5.41 Å². The normalized spacial score (nSPS) is 15.0. The first-order chi connectivity index (χ1) is 20.3. The largest absolute Gasteiger partial charge is 0.310 e. The average molecular weight is 519 g/mol. The van der Waals surface area contributed by atoms with Gasteiger partial charge in [0.05, 0.1) is 10.9 Å². The smallest absolute Gasteiger partial charge is 0.248 e. The molecule has 0 fully saturated rings. The Morgan fingerprint density at radius 1 is 0.585 bits per heavy atom. The molecule has 1 nitrogen and oxygen atoms in total. The minimum atomic E-state index is -0.405. The first-order valence-electron chi connectivity index (χ1n) is 14.7. The number of hydrogen-bond acceptors (Lipinski definition) is 0. The highest BCUT2D eigenvalue weighted by Crippen LogP contribution is 2.49. The van der Waals surface area contributed by atoms with Crippen molar-refractivity contribution in [3.8, 4) is 5.69 Å². The molecule has 0 bridgehead atoms. The van der Waals surface area contributed by atoms with Crippen molar-refractivity contribution >= 4 is 44.9 Å². The summed E-state index contributed by atoms with van der Waals surface area (Å²) in [7, 11) is 0. The fourth-order valence-electron chi connectivity index (χ4n) is 8.78. The summed E-state index contributed by atoms with van der Waals surface area (Å²) < 4.78 is 2.60. The lowest BCUT2D eigenvalue weighted by Crippen LogP contribution is -2.67. The summed E-state index contributed by atoms with van der Waals surface area (Å²) in [5.41, 5.74) is 17.9. The maximum atomic E-state index is 2.60. The lowest BCUT2D eigenvalue weighted by molar-refractivity contribution is 0.748. The van der Waals surface area contributed by atoms with E-state index in [0.717, 1.165) is 6.42 Å². The molecule has 190 valence electrons. The molecule has 3 aliphatic rings. The van der Waals surface area contributed by atoms with Crippen molar-refractivity contribution in [1.82, 2.24) is 4.57 Å². The van der Waals surface area contributed by atoms with Crippen molar-refractivity contribution in [2.75, 3.05) is 0 Å². The number of rotatable bonds is 2. The van der Waals surface area contributed by atoms with Gasteiger partial charge in [-0.2, -0.15) is 0 Å². The van der Waals surface area contributed by atoms with E-state index in [-0.39, 0.29) is 6.71 Å². The molecule has 7 aromatic rings. The van der Waals surface area contributed by atoms with Crippen LogP contribution in [0.25, 0.3) is 27.5 Å². The molecule has 0 saturated carbocycles. The van der Waals surface area contributed by atoms with Gasteiger partial charge in [0.2, 0.25) is 6.71 Å². The van der Waals surface area contributed by atoms with Gasteiger partial charge in [-0.1, -0.05) is 120 Å². The number of fused-ring (bicyclic) bond motifs is 4. The lowest BCUT2D eigenvalue weighted by Gasteiger charge is -2.48. The molecule has 2 heteroatoms. The van der Waals surface area contributed by atoms with Gasteiger partial charge < -0.3 is 4.57 Å². The molecule has 10 rings (SSSR count). The summed E-state index contributed by atoms with van der Waals surface area (Å²) >= 11 is 0. The molecule has 3 aliphatic heterocycles. The maximum Gasteiger partial charge on any atom is 0.248 e. The van der Waals surface area contributed by atoms with Crippen molar-refractivity contribution in [3.05, 3.63) is 166 Å². The van der Waals surface area contributed by atoms with Crippen LogP contribution in [0.3, 0.4) is 0 Å². The van der Waals surface area contributed by atoms with E-state index in [9.17, 15) is 0 Å². The lowest BCUT2D eigenvalue weighted by atomic mass is 9.27. The summed E-state index contributed by atoms with van der Waals surface area (Å²) in [6.45, 7) is 2.44. The molecule has 0 radical (unpaired) electrons. The Hall–Kier alpha value is -4.82. The predicted molar refractivity (Wildman–Crippen MR) is 171 cm³/mol. The molecular formula is C39H26BN. The Balaban J connectivity index is 1.47. The van der Waals surface area contributed by atoms with Crippen molar-refractivity contribution in [2.45, 2.75) is 18.8 Å². The summed E-state index contributed by atoms with van der Waals surface area (Å²) in [6.07, 6.45) is 0.975. The van der Waals surface area contributed by atoms with Crippen LogP contribution in [-0.4, -0.2) is 11.3 Å². The molecule has 41 heavy (non-hydrogen) atoms. The van der Waals surface area contributed by atoms with E-state index in [1.165, 1.54) is 82.8 Å². The minimum Gasteiger partial charge on any atom is -0.310 e. The van der Waals surface area contributed by atoms with Gasteiger partial charge >= 0.3 is 0 Å². The first-order valence-corrected chi connectivity index (χ1v) is 14.7. The van der Waals surface area contributed by atoms with Crippen molar-refractivity contribution < 1.29 is 0 Å². The maximum absolute atomic E-state index is 2.60. The Morgan fingerprint density at radius 3 is 2.02 bits per heavy atom. The molecule has 0 aliphatic carbocycles. The van der Waals surface area contributed by atoms with Gasteiger partial charge in [-0.05, 0) is 75.8 Å². The van der Waals surface area contributed by atoms with E-state index in [1.807, 2.05) is 0 Å². The summed E-state index contributed by atoms with van der Waals surface area (Å²) in [5.74, 6) is 0. The third kappa shape index (κ3) is 2.47. The summed E-state index contributed by atoms with van der Waals surface area (Å²) in [4.78, 5) is 0. The zero-order chi connectivity index (χ0) is 26.9.